The summed E-state index contributed by atoms with van der Waals surface area (Å²) in [5.74, 6) is 0.0848. The van der Waals surface area contributed by atoms with Gasteiger partial charge in [0, 0.05) is 60.4 Å². The van der Waals surface area contributed by atoms with Gasteiger partial charge in [0.05, 0.1) is 28.5 Å². The van der Waals surface area contributed by atoms with Gasteiger partial charge in [-0.3, -0.25) is 9.59 Å². The Balaban J connectivity index is 0.966. The molecule has 1 spiro atoms. The van der Waals surface area contributed by atoms with Crippen molar-refractivity contribution in [2.75, 3.05) is 53.3 Å². The monoisotopic (exact) mass is 687 g/mol. The fourth-order valence-corrected chi connectivity index (χ4v) is 8.40. The Kier molecular flexibility index (Phi) is 8.36. The Morgan fingerprint density at radius 2 is 1.84 bits per heavy atom. The highest BCUT2D eigenvalue weighted by atomic mass is 32.1. The number of rotatable bonds is 7. The van der Waals surface area contributed by atoms with Gasteiger partial charge < -0.3 is 25.2 Å². The van der Waals surface area contributed by atoms with Gasteiger partial charge in [0.15, 0.2) is 5.82 Å². The van der Waals surface area contributed by atoms with E-state index < -0.39 is 5.82 Å². The molecule has 8 nitrogen and oxygen atoms in total. The molecule has 3 aliphatic heterocycles. The standard InChI is InChI=1S/C40H38FN5O3S/c1-25-18-32(37(43-20-25)45-22-40(23-45)15-17-49-24-40)42-21-27-10-12-28(13-11-27)39(48)46-16-14-29-19-34(50-36(29)30-7-3-4-9-33(30)46)38(47)44-35-26(2)6-5-8-31(35)41/h3-13,18-20,42H,14-17,21-24H2,1-2H3,(H,44,47). The van der Waals surface area contributed by atoms with Crippen molar-refractivity contribution in [1.29, 1.82) is 0 Å². The molecule has 3 aromatic carbocycles. The quantitative estimate of drug-likeness (QED) is 0.181. The van der Waals surface area contributed by atoms with E-state index in [4.69, 9.17) is 9.72 Å². The van der Waals surface area contributed by atoms with E-state index in [-0.39, 0.29) is 22.9 Å². The fourth-order valence-electron chi connectivity index (χ4n) is 7.26. The van der Waals surface area contributed by atoms with Gasteiger partial charge in [-0.15, -0.1) is 11.3 Å². The minimum absolute atomic E-state index is 0.0760. The van der Waals surface area contributed by atoms with Crippen molar-refractivity contribution in [1.82, 2.24) is 4.98 Å². The number of carbonyl (C=O) groups excluding carboxylic acids is 2. The Hall–Kier alpha value is -5.06. The Labute approximate surface area is 294 Å². The number of amides is 2. The fraction of sp³-hybridized carbons (Fsp3) is 0.275. The first-order valence-corrected chi connectivity index (χ1v) is 17.8. The summed E-state index contributed by atoms with van der Waals surface area (Å²) in [5, 5.41) is 6.35. The summed E-state index contributed by atoms with van der Waals surface area (Å²) in [6, 6.07) is 24.3. The molecule has 0 bridgehead atoms. The zero-order valence-corrected chi connectivity index (χ0v) is 28.9. The van der Waals surface area contributed by atoms with Crippen LogP contribution in [0.25, 0.3) is 10.4 Å². The first-order chi connectivity index (χ1) is 24.3. The number of fused-ring (bicyclic) bond motifs is 3. The number of ether oxygens (including phenoxy) is 1. The minimum Gasteiger partial charge on any atom is -0.381 e. The average molecular weight is 688 g/mol. The molecule has 5 aromatic rings. The van der Waals surface area contributed by atoms with E-state index in [2.05, 4.69) is 28.5 Å². The summed E-state index contributed by atoms with van der Waals surface area (Å²) in [6.45, 7) is 8.49. The third kappa shape index (κ3) is 6.03. The molecule has 2 amide bonds. The molecule has 2 saturated heterocycles. The summed E-state index contributed by atoms with van der Waals surface area (Å²) in [5.41, 5.74) is 7.60. The molecule has 2 fully saturated rings. The largest absolute Gasteiger partial charge is 0.381 e. The molecular weight excluding hydrogens is 650 g/mol. The van der Waals surface area contributed by atoms with Crippen LogP contribution in [0, 0.1) is 25.1 Å². The summed E-state index contributed by atoms with van der Waals surface area (Å²) >= 11 is 1.37. The number of hydrogen-bond acceptors (Lipinski definition) is 7. The lowest BCUT2D eigenvalue weighted by Gasteiger charge is -2.48. The molecule has 2 N–H and O–H groups in total. The molecule has 2 aromatic heterocycles. The molecular formula is C40H38FN5O3S. The van der Waals surface area contributed by atoms with Crippen molar-refractivity contribution in [3.63, 3.8) is 0 Å². The number of nitrogens with one attached hydrogen (secondary N) is 2. The number of aromatic nitrogens is 1. The van der Waals surface area contributed by atoms with E-state index in [0.717, 1.165) is 77.0 Å². The SMILES string of the molecule is Cc1cnc(N2CC3(CCOC3)C2)c(NCc2ccc(C(=O)N3CCc4cc(C(=O)Nc5c(C)cccc5F)sc4-c4ccccc43)cc2)c1. The van der Waals surface area contributed by atoms with Crippen LogP contribution in [0.5, 0.6) is 0 Å². The Bertz CT molecular complexity index is 2080. The number of aryl methyl sites for hydroxylation is 2. The lowest BCUT2D eigenvalue weighted by molar-refractivity contribution is 0.0985. The highest BCUT2D eigenvalue weighted by Gasteiger charge is 2.46. The number of para-hydroxylation sites is 2. The average Bonchev–Trinajstić information content (AvgIpc) is 3.75. The van der Waals surface area contributed by atoms with Crippen molar-refractivity contribution >= 4 is 46.0 Å². The zero-order chi connectivity index (χ0) is 34.4. The number of carbonyl (C=O) groups is 2. The van der Waals surface area contributed by atoms with Crippen LogP contribution in [0.1, 0.15) is 48.7 Å². The molecule has 0 saturated carbocycles. The second-order valence-electron chi connectivity index (χ2n) is 13.7. The van der Waals surface area contributed by atoms with Crippen LogP contribution in [0.2, 0.25) is 0 Å². The van der Waals surface area contributed by atoms with Crippen molar-refractivity contribution in [3.05, 3.63) is 124 Å². The number of benzene rings is 3. The van der Waals surface area contributed by atoms with E-state index in [1.807, 2.05) is 65.7 Å². The van der Waals surface area contributed by atoms with Crippen LogP contribution >= 0.6 is 11.3 Å². The van der Waals surface area contributed by atoms with Gasteiger partial charge in [0.25, 0.3) is 11.8 Å². The maximum absolute atomic E-state index is 14.4. The third-order valence-electron chi connectivity index (χ3n) is 10.0. The topological polar surface area (TPSA) is 86.8 Å². The van der Waals surface area contributed by atoms with E-state index >= 15 is 0 Å². The van der Waals surface area contributed by atoms with Gasteiger partial charge in [0.2, 0.25) is 0 Å². The van der Waals surface area contributed by atoms with Crippen LogP contribution in [-0.2, 0) is 17.7 Å². The third-order valence-corrected chi connectivity index (χ3v) is 11.2. The highest BCUT2D eigenvalue weighted by molar-refractivity contribution is 7.17. The smallest absolute Gasteiger partial charge is 0.265 e. The number of anilines is 4. The molecule has 0 atom stereocenters. The van der Waals surface area contributed by atoms with Crippen molar-refractivity contribution in [3.8, 4) is 10.4 Å². The minimum atomic E-state index is -0.465. The number of thiophene rings is 1. The predicted molar refractivity (Wildman–Crippen MR) is 197 cm³/mol. The maximum Gasteiger partial charge on any atom is 0.265 e. The van der Waals surface area contributed by atoms with Gasteiger partial charge in [-0.1, -0.05) is 42.5 Å². The van der Waals surface area contributed by atoms with Gasteiger partial charge >= 0.3 is 0 Å². The molecule has 0 aliphatic carbocycles. The van der Waals surface area contributed by atoms with E-state index in [1.54, 1.807) is 19.1 Å². The van der Waals surface area contributed by atoms with Crippen molar-refractivity contribution < 1.29 is 18.7 Å². The second-order valence-corrected chi connectivity index (χ2v) is 14.7. The summed E-state index contributed by atoms with van der Waals surface area (Å²) < 4.78 is 20.1. The molecule has 8 rings (SSSR count). The number of nitrogens with zero attached hydrogens (tertiary/aromatic N) is 3. The number of hydrogen-bond donors (Lipinski definition) is 2. The first kappa shape index (κ1) is 32.2. The van der Waals surface area contributed by atoms with E-state index in [9.17, 15) is 14.0 Å². The normalized spacial score (nSPS) is 16.0. The van der Waals surface area contributed by atoms with Crippen LogP contribution in [0.4, 0.5) is 27.3 Å². The summed E-state index contributed by atoms with van der Waals surface area (Å²) in [4.78, 5) is 37.6. The number of pyridine rings is 1. The maximum atomic E-state index is 14.4. The lowest BCUT2D eigenvalue weighted by Crippen LogP contribution is -2.57. The molecule has 3 aliphatic rings. The molecule has 50 heavy (non-hydrogen) atoms. The lowest BCUT2D eigenvalue weighted by atomic mass is 9.79. The molecule has 0 unspecified atom stereocenters. The van der Waals surface area contributed by atoms with Gasteiger partial charge in [-0.25, -0.2) is 9.37 Å². The zero-order valence-electron chi connectivity index (χ0n) is 28.1. The molecule has 5 heterocycles. The molecule has 10 heteroatoms. The van der Waals surface area contributed by atoms with Crippen molar-refractivity contribution in [2.45, 2.75) is 33.2 Å². The summed E-state index contributed by atoms with van der Waals surface area (Å²) in [7, 11) is 0. The first-order valence-electron chi connectivity index (χ1n) is 17.0. The number of halogens is 1. The Morgan fingerprint density at radius 1 is 1.02 bits per heavy atom. The second kappa shape index (κ2) is 13.0. The molecule has 0 radical (unpaired) electrons. The van der Waals surface area contributed by atoms with E-state index in [0.29, 0.717) is 35.5 Å². The van der Waals surface area contributed by atoms with Gasteiger partial charge in [-0.2, -0.15) is 0 Å². The predicted octanol–water partition coefficient (Wildman–Crippen LogP) is 7.86. The molecule has 254 valence electrons. The van der Waals surface area contributed by atoms with E-state index in [1.165, 1.54) is 17.4 Å². The van der Waals surface area contributed by atoms with Crippen LogP contribution < -0.4 is 20.4 Å². The Morgan fingerprint density at radius 3 is 2.62 bits per heavy atom. The van der Waals surface area contributed by atoms with Crippen LogP contribution in [-0.4, -0.2) is 49.6 Å². The van der Waals surface area contributed by atoms with Gasteiger partial charge in [0.1, 0.15) is 5.82 Å². The van der Waals surface area contributed by atoms with Crippen LogP contribution in [0.3, 0.4) is 0 Å². The van der Waals surface area contributed by atoms with Crippen LogP contribution in [0.15, 0.2) is 85.1 Å². The summed E-state index contributed by atoms with van der Waals surface area (Å²) in [6.07, 6.45) is 3.61. The van der Waals surface area contributed by atoms with Gasteiger partial charge in [-0.05, 0) is 85.3 Å². The highest BCUT2D eigenvalue weighted by Crippen LogP contribution is 2.43. The van der Waals surface area contributed by atoms with Crippen molar-refractivity contribution in [2.24, 2.45) is 5.41 Å².